The van der Waals surface area contributed by atoms with Crippen LogP contribution < -0.4 is 0 Å². The molecule has 0 radical (unpaired) electrons. The first-order valence-electron chi connectivity index (χ1n) is 15.0. The van der Waals surface area contributed by atoms with Crippen LogP contribution in [0.25, 0.3) is 0 Å². The largest absolute Gasteiger partial charge is 0.465 e. The van der Waals surface area contributed by atoms with E-state index in [0.717, 1.165) is 19.3 Å². The van der Waals surface area contributed by atoms with Gasteiger partial charge in [0, 0.05) is 6.42 Å². The highest BCUT2D eigenvalue weighted by atomic mass is 16.5. The minimum absolute atomic E-state index is 0.0507. The van der Waals surface area contributed by atoms with Crippen LogP contribution in [0.5, 0.6) is 0 Å². The molecule has 0 heterocycles. The van der Waals surface area contributed by atoms with Crippen LogP contribution in [0.2, 0.25) is 0 Å². The summed E-state index contributed by atoms with van der Waals surface area (Å²) in [6, 6.07) is 10.3. The molecule has 2 heteroatoms. The zero-order chi connectivity index (χ0) is 24.5. The third-order valence-corrected chi connectivity index (χ3v) is 7.12. The van der Waals surface area contributed by atoms with Crippen molar-refractivity contribution in [3.8, 4) is 0 Å². The molecule has 1 atom stereocenters. The molecule has 0 aliphatic rings. The second-order valence-corrected chi connectivity index (χ2v) is 10.3. The van der Waals surface area contributed by atoms with E-state index in [9.17, 15) is 4.79 Å². The zero-order valence-electron chi connectivity index (χ0n) is 22.8. The van der Waals surface area contributed by atoms with Gasteiger partial charge < -0.3 is 4.74 Å². The van der Waals surface area contributed by atoms with Crippen molar-refractivity contribution < 1.29 is 9.53 Å². The number of benzene rings is 1. The Morgan fingerprint density at radius 2 is 1.03 bits per heavy atom. The Kier molecular flexibility index (Phi) is 21.2. The van der Waals surface area contributed by atoms with Crippen molar-refractivity contribution in [2.45, 2.75) is 149 Å². The van der Waals surface area contributed by atoms with Gasteiger partial charge in [0.25, 0.3) is 0 Å². The first-order chi connectivity index (χ1) is 16.8. The molecule has 0 bridgehead atoms. The summed E-state index contributed by atoms with van der Waals surface area (Å²) < 4.78 is 5.73. The first-order valence-corrected chi connectivity index (χ1v) is 15.0. The molecule has 0 saturated heterocycles. The number of rotatable bonds is 24. The van der Waals surface area contributed by atoms with Crippen molar-refractivity contribution >= 4 is 5.97 Å². The van der Waals surface area contributed by atoms with E-state index in [4.69, 9.17) is 4.74 Å². The maximum absolute atomic E-state index is 12.8. The van der Waals surface area contributed by atoms with Crippen LogP contribution in [0, 0.1) is 5.92 Å². The smallest absolute Gasteiger partial charge is 0.308 e. The van der Waals surface area contributed by atoms with Crippen molar-refractivity contribution in [2.75, 3.05) is 6.61 Å². The van der Waals surface area contributed by atoms with E-state index in [-0.39, 0.29) is 11.9 Å². The van der Waals surface area contributed by atoms with Crippen molar-refractivity contribution in [1.82, 2.24) is 0 Å². The van der Waals surface area contributed by atoms with Gasteiger partial charge in [-0.25, -0.2) is 0 Å². The predicted molar refractivity (Wildman–Crippen MR) is 148 cm³/mol. The maximum atomic E-state index is 12.8. The average Bonchev–Trinajstić information content (AvgIpc) is 2.86. The number of carbonyl (C=O) groups is 1. The van der Waals surface area contributed by atoms with Crippen LogP contribution in [-0.4, -0.2) is 12.6 Å². The molecule has 1 rings (SSSR count). The maximum Gasteiger partial charge on any atom is 0.308 e. The quantitative estimate of drug-likeness (QED) is 0.110. The zero-order valence-corrected chi connectivity index (χ0v) is 22.8. The molecule has 0 spiro atoms. The van der Waals surface area contributed by atoms with Gasteiger partial charge in [-0.05, 0) is 18.4 Å². The third-order valence-electron chi connectivity index (χ3n) is 7.12. The lowest BCUT2D eigenvalue weighted by Crippen LogP contribution is -2.19. The van der Waals surface area contributed by atoms with E-state index in [1.165, 1.54) is 121 Å². The molecule has 0 aromatic heterocycles. The summed E-state index contributed by atoms with van der Waals surface area (Å²) in [5.74, 6) is 0.153. The SMILES string of the molecule is CCCCCCCCCCCCC(CCCCCCCCCC)C(=O)OCCc1ccccc1. The second kappa shape index (κ2) is 23.4. The molecule has 1 unspecified atom stereocenters. The van der Waals surface area contributed by atoms with Gasteiger partial charge in [-0.1, -0.05) is 160 Å². The fraction of sp³-hybridized carbons (Fsp3) is 0.781. The molecule has 2 nitrogen and oxygen atoms in total. The Hall–Kier alpha value is -1.31. The monoisotopic (exact) mass is 472 g/mol. The lowest BCUT2D eigenvalue weighted by molar-refractivity contribution is -0.149. The summed E-state index contributed by atoms with van der Waals surface area (Å²) in [6.45, 7) is 5.06. The molecule has 0 aliphatic carbocycles. The summed E-state index contributed by atoms with van der Waals surface area (Å²) in [5.41, 5.74) is 1.24. The minimum Gasteiger partial charge on any atom is -0.465 e. The van der Waals surface area contributed by atoms with E-state index >= 15 is 0 Å². The van der Waals surface area contributed by atoms with Crippen LogP contribution in [0.4, 0.5) is 0 Å². The lowest BCUT2D eigenvalue weighted by Gasteiger charge is -2.16. The van der Waals surface area contributed by atoms with Crippen LogP contribution >= 0.6 is 0 Å². The Labute approximate surface area is 212 Å². The fourth-order valence-corrected chi connectivity index (χ4v) is 4.81. The van der Waals surface area contributed by atoms with Crippen LogP contribution in [0.3, 0.4) is 0 Å². The molecule has 0 N–H and O–H groups in total. The molecule has 0 amide bonds. The highest BCUT2D eigenvalue weighted by Gasteiger charge is 2.19. The molecule has 0 aliphatic heterocycles. The average molecular weight is 473 g/mol. The number of unbranched alkanes of at least 4 members (excludes halogenated alkanes) is 16. The fourth-order valence-electron chi connectivity index (χ4n) is 4.81. The highest BCUT2D eigenvalue weighted by molar-refractivity contribution is 5.72. The van der Waals surface area contributed by atoms with Gasteiger partial charge in [0.05, 0.1) is 12.5 Å². The van der Waals surface area contributed by atoms with E-state index < -0.39 is 0 Å². The van der Waals surface area contributed by atoms with Gasteiger partial charge in [-0.3, -0.25) is 4.79 Å². The standard InChI is InChI=1S/C32H56O2/c1-3-5-7-9-11-13-14-16-18-23-27-31(26-22-17-15-12-10-8-6-4-2)32(33)34-29-28-30-24-20-19-21-25-30/h19-21,24-25,31H,3-18,22-23,26-29H2,1-2H3. The van der Waals surface area contributed by atoms with Gasteiger partial charge in [0.15, 0.2) is 0 Å². The summed E-state index contributed by atoms with van der Waals surface area (Å²) in [5, 5.41) is 0. The molecule has 0 fully saturated rings. The lowest BCUT2D eigenvalue weighted by atomic mass is 9.94. The van der Waals surface area contributed by atoms with E-state index in [1.54, 1.807) is 0 Å². The number of ether oxygens (including phenoxy) is 1. The molecule has 1 aromatic rings. The van der Waals surface area contributed by atoms with Crippen LogP contribution in [-0.2, 0) is 16.0 Å². The Bertz CT molecular complexity index is 553. The number of carbonyl (C=O) groups excluding carboxylic acids is 1. The molecular weight excluding hydrogens is 416 g/mol. The number of hydrogen-bond acceptors (Lipinski definition) is 2. The summed E-state index contributed by atoms with van der Waals surface area (Å²) in [6.07, 6.45) is 26.8. The summed E-state index contributed by atoms with van der Waals surface area (Å²) in [4.78, 5) is 12.8. The summed E-state index contributed by atoms with van der Waals surface area (Å²) >= 11 is 0. The van der Waals surface area contributed by atoms with Gasteiger partial charge in [-0.2, -0.15) is 0 Å². The van der Waals surface area contributed by atoms with Gasteiger partial charge in [0.2, 0.25) is 0 Å². The van der Waals surface area contributed by atoms with Crippen molar-refractivity contribution in [2.24, 2.45) is 5.92 Å². The second-order valence-electron chi connectivity index (χ2n) is 10.3. The van der Waals surface area contributed by atoms with Crippen LogP contribution in [0.15, 0.2) is 30.3 Å². The molecule has 0 saturated carbocycles. The highest BCUT2D eigenvalue weighted by Crippen LogP contribution is 2.21. The van der Waals surface area contributed by atoms with Crippen molar-refractivity contribution in [3.05, 3.63) is 35.9 Å². The van der Waals surface area contributed by atoms with Crippen LogP contribution in [0.1, 0.15) is 148 Å². The molecule has 34 heavy (non-hydrogen) atoms. The van der Waals surface area contributed by atoms with Crippen molar-refractivity contribution in [3.63, 3.8) is 0 Å². The molecule has 196 valence electrons. The number of esters is 1. The Morgan fingerprint density at radius 3 is 1.47 bits per heavy atom. The first kappa shape index (κ1) is 30.7. The summed E-state index contributed by atoms with van der Waals surface area (Å²) in [7, 11) is 0. The third kappa shape index (κ3) is 18.1. The molecule has 1 aromatic carbocycles. The van der Waals surface area contributed by atoms with Gasteiger partial charge in [-0.15, -0.1) is 0 Å². The van der Waals surface area contributed by atoms with E-state index in [1.807, 2.05) is 18.2 Å². The normalized spacial score (nSPS) is 12.1. The van der Waals surface area contributed by atoms with E-state index in [0.29, 0.717) is 6.61 Å². The molecular formula is C32H56O2. The van der Waals surface area contributed by atoms with Gasteiger partial charge in [0.1, 0.15) is 0 Å². The van der Waals surface area contributed by atoms with E-state index in [2.05, 4.69) is 26.0 Å². The predicted octanol–water partition coefficient (Wildman–Crippen LogP) is 10.2. The number of hydrogen-bond donors (Lipinski definition) is 0. The topological polar surface area (TPSA) is 26.3 Å². The van der Waals surface area contributed by atoms with Crippen molar-refractivity contribution in [1.29, 1.82) is 0 Å². The van der Waals surface area contributed by atoms with Gasteiger partial charge >= 0.3 is 5.97 Å². The minimum atomic E-state index is 0.0507. The Balaban J connectivity index is 2.24. The Morgan fingerprint density at radius 1 is 0.618 bits per heavy atom.